The van der Waals surface area contributed by atoms with Gasteiger partial charge in [-0.2, -0.15) is 0 Å². The predicted octanol–water partition coefficient (Wildman–Crippen LogP) is 3.21. The maximum absolute atomic E-state index is 5.95. The van der Waals surface area contributed by atoms with Crippen molar-refractivity contribution in [1.29, 1.82) is 0 Å². The van der Waals surface area contributed by atoms with Crippen LogP contribution < -0.4 is 4.43 Å². The van der Waals surface area contributed by atoms with E-state index in [1.165, 1.54) is 5.56 Å². The molecule has 0 bridgehead atoms. The van der Waals surface area contributed by atoms with Gasteiger partial charge in [0.2, 0.25) is 14.2 Å². The van der Waals surface area contributed by atoms with Gasteiger partial charge in [-0.25, -0.2) is 9.97 Å². The third kappa shape index (κ3) is 2.18. The van der Waals surface area contributed by atoms with Gasteiger partial charge in [0.05, 0.1) is 5.39 Å². The van der Waals surface area contributed by atoms with Crippen LogP contribution in [-0.2, 0) is 0 Å². The molecule has 2 heterocycles. The molecule has 15 heavy (non-hydrogen) atoms. The molecule has 0 N–H and O–H groups in total. The monoisotopic (exact) mass is 238 g/mol. The van der Waals surface area contributed by atoms with Crippen LogP contribution in [0, 0.1) is 6.92 Å². The fourth-order valence-electron chi connectivity index (χ4n) is 1.35. The Bertz CT molecular complexity index is 490. The molecule has 0 aliphatic heterocycles. The molecule has 5 heteroatoms. The zero-order valence-electron chi connectivity index (χ0n) is 9.37. The first kappa shape index (κ1) is 10.6. The average molecular weight is 238 g/mol. The van der Waals surface area contributed by atoms with Crippen molar-refractivity contribution in [1.82, 2.24) is 9.97 Å². The molecule has 0 unspecified atom stereocenters. The van der Waals surface area contributed by atoms with Gasteiger partial charge < -0.3 is 4.43 Å². The van der Waals surface area contributed by atoms with E-state index in [0.717, 1.165) is 16.1 Å². The van der Waals surface area contributed by atoms with E-state index in [-0.39, 0.29) is 0 Å². The van der Waals surface area contributed by atoms with Gasteiger partial charge in [0.25, 0.3) is 0 Å². The molecule has 0 aliphatic rings. The van der Waals surface area contributed by atoms with Crippen LogP contribution in [0.5, 0.6) is 5.88 Å². The van der Waals surface area contributed by atoms with Crippen LogP contribution in [-0.4, -0.2) is 18.3 Å². The minimum absolute atomic E-state index is 0.748. The Balaban J connectivity index is 2.55. The molecular formula is C10H14N2OSSi. The fraction of sp³-hybridized carbons (Fsp3) is 0.400. The van der Waals surface area contributed by atoms with E-state index in [1.54, 1.807) is 17.7 Å². The summed E-state index contributed by atoms with van der Waals surface area (Å²) in [4.78, 5) is 9.48. The van der Waals surface area contributed by atoms with Gasteiger partial charge in [0.15, 0.2) is 0 Å². The van der Waals surface area contributed by atoms with E-state index in [0.29, 0.717) is 0 Å². The van der Waals surface area contributed by atoms with Crippen molar-refractivity contribution >= 4 is 29.9 Å². The number of rotatable bonds is 2. The number of hydrogen-bond acceptors (Lipinski definition) is 4. The van der Waals surface area contributed by atoms with Gasteiger partial charge in [-0.15, -0.1) is 11.3 Å². The Labute approximate surface area is 94.3 Å². The topological polar surface area (TPSA) is 35.0 Å². The minimum Gasteiger partial charge on any atom is -0.531 e. The van der Waals surface area contributed by atoms with Gasteiger partial charge >= 0.3 is 0 Å². The molecule has 0 saturated heterocycles. The third-order valence-corrected chi connectivity index (χ3v) is 3.73. The molecule has 2 aromatic heterocycles. The maximum atomic E-state index is 5.95. The molecule has 0 aromatic carbocycles. The number of aryl methyl sites for hydroxylation is 1. The smallest absolute Gasteiger partial charge is 0.244 e. The van der Waals surface area contributed by atoms with Crippen molar-refractivity contribution in [2.45, 2.75) is 26.6 Å². The summed E-state index contributed by atoms with van der Waals surface area (Å²) in [7, 11) is -1.60. The van der Waals surface area contributed by atoms with Crippen molar-refractivity contribution in [2.75, 3.05) is 0 Å². The lowest BCUT2D eigenvalue weighted by molar-refractivity contribution is 0.540. The largest absolute Gasteiger partial charge is 0.531 e. The molecule has 2 aromatic rings. The normalized spacial score (nSPS) is 12.0. The average Bonchev–Trinajstić information content (AvgIpc) is 2.46. The summed E-state index contributed by atoms with van der Waals surface area (Å²) >= 11 is 1.64. The molecule has 0 saturated carbocycles. The molecule has 0 atom stereocenters. The summed E-state index contributed by atoms with van der Waals surface area (Å²) in [5.74, 6) is 0.748. The summed E-state index contributed by atoms with van der Waals surface area (Å²) < 4.78 is 5.95. The summed E-state index contributed by atoms with van der Waals surface area (Å²) in [6.45, 7) is 8.53. The molecule has 0 amide bonds. The Morgan fingerprint density at radius 3 is 2.67 bits per heavy atom. The van der Waals surface area contributed by atoms with Gasteiger partial charge in [-0.3, -0.25) is 0 Å². The van der Waals surface area contributed by atoms with E-state index >= 15 is 0 Å². The number of nitrogens with zero attached hydrogens (tertiary/aromatic N) is 2. The van der Waals surface area contributed by atoms with Crippen LogP contribution >= 0.6 is 11.3 Å². The van der Waals surface area contributed by atoms with E-state index in [9.17, 15) is 0 Å². The Kier molecular flexibility index (Phi) is 2.52. The Morgan fingerprint density at radius 2 is 2.00 bits per heavy atom. The van der Waals surface area contributed by atoms with Gasteiger partial charge in [-0.1, -0.05) is 0 Å². The molecule has 2 rings (SSSR count). The first-order chi connectivity index (χ1) is 6.97. The van der Waals surface area contributed by atoms with Crippen LogP contribution in [0.3, 0.4) is 0 Å². The fourth-order valence-corrected chi connectivity index (χ4v) is 2.97. The zero-order valence-corrected chi connectivity index (χ0v) is 11.2. The summed E-state index contributed by atoms with van der Waals surface area (Å²) in [6.07, 6.45) is 1.58. The number of hydrogen-bond donors (Lipinski definition) is 0. The zero-order chi connectivity index (χ0) is 11.1. The van der Waals surface area contributed by atoms with E-state index in [2.05, 4.69) is 41.9 Å². The molecule has 0 aliphatic carbocycles. The molecule has 0 fully saturated rings. The highest BCUT2D eigenvalue weighted by Gasteiger charge is 2.19. The SMILES string of the molecule is Cc1csc2ncnc(O[Si](C)(C)C)c12. The highest BCUT2D eigenvalue weighted by Crippen LogP contribution is 2.31. The Morgan fingerprint density at radius 1 is 1.27 bits per heavy atom. The van der Waals surface area contributed by atoms with Crippen LogP contribution in [0.15, 0.2) is 11.7 Å². The number of thiophene rings is 1. The van der Waals surface area contributed by atoms with E-state index in [4.69, 9.17) is 4.43 Å². The molecule has 0 radical (unpaired) electrons. The molecule has 3 nitrogen and oxygen atoms in total. The molecular weight excluding hydrogens is 224 g/mol. The van der Waals surface area contributed by atoms with Gasteiger partial charge in [0, 0.05) is 0 Å². The number of fused-ring (bicyclic) bond motifs is 1. The van der Waals surface area contributed by atoms with Gasteiger partial charge in [0.1, 0.15) is 11.2 Å². The predicted molar refractivity (Wildman–Crippen MR) is 66.1 cm³/mol. The van der Waals surface area contributed by atoms with Crippen LogP contribution in [0.25, 0.3) is 10.2 Å². The first-order valence-corrected chi connectivity index (χ1v) is 9.14. The maximum Gasteiger partial charge on any atom is 0.244 e. The van der Waals surface area contributed by atoms with Crippen molar-refractivity contribution in [3.05, 3.63) is 17.3 Å². The standard InChI is InChI=1S/C10H14N2OSSi/c1-7-5-14-10-8(7)9(11-6-12-10)13-15(2,3)4/h5-6H,1-4H3. The molecule has 80 valence electrons. The Hall–Kier alpha value is -0.943. The lowest BCUT2D eigenvalue weighted by Gasteiger charge is -2.18. The lowest BCUT2D eigenvalue weighted by atomic mass is 10.3. The van der Waals surface area contributed by atoms with E-state index in [1.807, 2.05) is 0 Å². The second kappa shape index (κ2) is 3.57. The third-order valence-electron chi connectivity index (χ3n) is 1.92. The van der Waals surface area contributed by atoms with Gasteiger partial charge in [-0.05, 0) is 37.5 Å². The van der Waals surface area contributed by atoms with Crippen LogP contribution in [0.1, 0.15) is 5.56 Å². The van der Waals surface area contributed by atoms with Crippen molar-refractivity contribution < 1.29 is 4.43 Å². The minimum atomic E-state index is -1.60. The summed E-state index contributed by atoms with van der Waals surface area (Å²) in [5, 5.41) is 3.17. The highest BCUT2D eigenvalue weighted by molar-refractivity contribution is 7.17. The van der Waals surface area contributed by atoms with Crippen LogP contribution in [0.4, 0.5) is 0 Å². The highest BCUT2D eigenvalue weighted by atomic mass is 32.1. The number of aromatic nitrogens is 2. The quantitative estimate of drug-likeness (QED) is 0.754. The second-order valence-electron chi connectivity index (χ2n) is 4.49. The van der Waals surface area contributed by atoms with Crippen molar-refractivity contribution in [3.63, 3.8) is 0 Å². The summed E-state index contributed by atoms with van der Waals surface area (Å²) in [5.41, 5.74) is 1.20. The van der Waals surface area contributed by atoms with E-state index < -0.39 is 8.32 Å². The van der Waals surface area contributed by atoms with Crippen molar-refractivity contribution in [2.24, 2.45) is 0 Å². The van der Waals surface area contributed by atoms with Crippen molar-refractivity contribution in [3.8, 4) is 5.88 Å². The lowest BCUT2D eigenvalue weighted by Crippen LogP contribution is -2.29. The molecule has 0 spiro atoms. The van der Waals surface area contributed by atoms with Crippen LogP contribution in [0.2, 0.25) is 19.6 Å². The summed E-state index contributed by atoms with van der Waals surface area (Å²) in [6, 6.07) is 0. The second-order valence-corrected chi connectivity index (χ2v) is 9.78. The first-order valence-electron chi connectivity index (χ1n) is 4.85.